The molecule has 1 fully saturated rings. The number of benzene rings is 1. The van der Waals surface area contributed by atoms with E-state index in [1.165, 1.54) is 7.11 Å². The van der Waals surface area contributed by atoms with Crippen LogP contribution in [-0.4, -0.2) is 32.4 Å². The first-order valence-corrected chi connectivity index (χ1v) is 10.1. The van der Waals surface area contributed by atoms with Crippen LogP contribution in [-0.2, 0) is 19.1 Å². The van der Waals surface area contributed by atoms with E-state index in [4.69, 9.17) is 25.4 Å². The zero-order valence-electron chi connectivity index (χ0n) is 18.8. The lowest BCUT2D eigenvalue weighted by molar-refractivity contribution is -0.150. The van der Waals surface area contributed by atoms with Gasteiger partial charge >= 0.3 is 11.9 Å². The number of terminal acetylenes is 1. The minimum atomic E-state index is -0.755. The number of rotatable bonds is 6. The standard InChI is InChI=1S/C25H28O6/c1-8-17(16(3)18-9-10-19-20(12-18)31-14-30-19)13-29-23(27)25(6)21(24(25,4)5)11-15(2)22(26)28-7/h1,9-12,21H,13-14H2,2-7H3. The highest BCUT2D eigenvalue weighted by molar-refractivity contribution is 5.89. The van der Waals surface area contributed by atoms with E-state index < -0.39 is 11.4 Å². The van der Waals surface area contributed by atoms with Crippen LogP contribution in [0.2, 0.25) is 0 Å². The van der Waals surface area contributed by atoms with Gasteiger partial charge < -0.3 is 18.9 Å². The largest absolute Gasteiger partial charge is 0.466 e. The smallest absolute Gasteiger partial charge is 0.333 e. The van der Waals surface area contributed by atoms with Gasteiger partial charge in [-0.25, -0.2) is 4.79 Å². The Bertz CT molecular complexity index is 1020. The van der Waals surface area contributed by atoms with Crippen molar-refractivity contribution in [2.75, 3.05) is 20.5 Å². The SMILES string of the molecule is C#CC(COC(=O)C1(C)C(C=C(C)C(=O)OC)C1(C)C)=C(C)c1ccc2c(c1)OCO2. The van der Waals surface area contributed by atoms with Gasteiger partial charge in [0.15, 0.2) is 11.5 Å². The summed E-state index contributed by atoms with van der Waals surface area (Å²) in [4.78, 5) is 24.8. The Hall–Kier alpha value is -3.20. The molecule has 0 bridgehead atoms. The molecule has 1 heterocycles. The second kappa shape index (κ2) is 8.14. The number of carbonyl (C=O) groups is 2. The fourth-order valence-corrected chi connectivity index (χ4v) is 4.12. The number of fused-ring (bicyclic) bond motifs is 1. The summed E-state index contributed by atoms with van der Waals surface area (Å²) in [7, 11) is 1.33. The predicted octanol–water partition coefficient (Wildman–Crippen LogP) is 4.15. The molecule has 1 aliphatic heterocycles. The molecular weight excluding hydrogens is 396 g/mol. The number of carbonyl (C=O) groups excluding carboxylic acids is 2. The van der Waals surface area contributed by atoms with Crippen molar-refractivity contribution in [3.05, 3.63) is 41.0 Å². The van der Waals surface area contributed by atoms with E-state index in [9.17, 15) is 9.59 Å². The first-order chi connectivity index (χ1) is 14.6. The second-order valence-electron chi connectivity index (χ2n) is 8.64. The topological polar surface area (TPSA) is 71.1 Å². The summed E-state index contributed by atoms with van der Waals surface area (Å²) in [6.45, 7) is 9.57. The Morgan fingerprint density at radius 1 is 1.23 bits per heavy atom. The molecule has 0 saturated heterocycles. The number of ether oxygens (including phenoxy) is 4. The molecule has 1 aliphatic carbocycles. The van der Waals surface area contributed by atoms with Crippen LogP contribution in [0, 0.1) is 29.1 Å². The minimum absolute atomic E-state index is 0.00625. The van der Waals surface area contributed by atoms with Crippen LogP contribution in [0.1, 0.15) is 40.2 Å². The lowest BCUT2D eigenvalue weighted by Crippen LogP contribution is -2.22. The van der Waals surface area contributed by atoms with Crippen molar-refractivity contribution >= 4 is 17.5 Å². The van der Waals surface area contributed by atoms with Crippen LogP contribution >= 0.6 is 0 Å². The van der Waals surface area contributed by atoms with Gasteiger partial charge in [0.1, 0.15) is 6.61 Å². The van der Waals surface area contributed by atoms with Crippen LogP contribution in [0.4, 0.5) is 0 Å². The van der Waals surface area contributed by atoms with Crippen LogP contribution in [0.15, 0.2) is 35.4 Å². The number of methoxy groups -OCH3 is 1. The highest BCUT2D eigenvalue weighted by atomic mass is 16.7. The van der Waals surface area contributed by atoms with Crippen molar-refractivity contribution in [3.63, 3.8) is 0 Å². The molecular formula is C25H28O6. The zero-order chi connectivity index (χ0) is 23.0. The fraction of sp³-hybridized carbons (Fsp3) is 0.440. The molecule has 31 heavy (non-hydrogen) atoms. The molecule has 6 nitrogen and oxygen atoms in total. The molecule has 2 aliphatic rings. The van der Waals surface area contributed by atoms with E-state index in [2.05, 4.69) is 5.92 Å². The highest BCUT2D eigenvalue weighted by Gasteiger charge is 2.72. The summed E-state index contributed by atoms with van der Waals surface area (Å²) in [6.07, 6.45) is 7.51. The lowest BCUT2D eigenvalue weighted by Gasteiger charge is -2.15. The van der Waals surface area contributed by atoms with Crippen molar-refractivity contribution in [2.45, 2.75) is 34.6 Å². The second-order valence-corrected chi connectivity index (χ2v) is 8.64. The average molecular weight is 424 g/mol. The minimum Gasteiger partial charge on any atom is -0.466 e. The molecule has 1 saturated carbocycles. The van der Waals surface area contributed by atoms with Gasteiger partial charge in [0.05, 0.1) is 12.5 Å². The summed E-state index contributed by atoms with van der Waals surface area (Å²) in [6, 6.07) is 5.58. The first kappa shape index (κ1) is 22.5. The van der Waals surface area contributed by atoms with Crippen LogP contribution in [0.3, 0.4) is 0 Å². The molecule has 1 aromatic rings. The Morgan fingerprint density at radius 2 is 1.90 bits per heavy atom. The monoisotopic (exact) mass is 424 g/mol. The summed E-state index contributed by atoms with van der Waals surface area (Å²) in [5, 5.41) is 0. The molecule has 6 heteroatoms. The maximum Gasteiger partial charge on any atom is 0.333 e. The van der Waals surface area contributed by atoms with E-state index >= 15 is 0 Å². The maximum absolute atomic E-state index is 13.0. The third-order valence-electron chi connectivity index (χ3n) is 6.78. The Kier molecular flexibility index (Phi) is 5.91. The van der Waals surface area contributed by atoms with E-state index in [1.807, 2.05) is 45.9 Å². The molecule has 2 unspecified atom stereocenters. The average Bonchev–Trinajstić information content (AvgIpc) is 3.07. The predicted molar refractivity (Wildman–Crippen MR) is 116 cm³/mol. The molecule has 0 aromatic heterocycles. The number of hydrogen-bond acceptors (Lipinski definition) is 6. The van der Waals surface area contributed by atoms with Crippen LogP contribution in [0.5, 0.6) is 11.5 Å². The third-order valence-corrected chi connectivity index (χ3v) is 6.78. The van der Waals surface area contributed by atoms with Gasteiger partial charge in [-0.1, -0.05) is 31.9 Å². The number of hydrogen-bond donors (Lipinski definition) is 0. The number of allylic oxidation sites excluding steroid dienone is 2. The van der Waals surface area contributed by atoms with E-state index in [1.54, 1.807) is 13.0 Å². The van der Waals surface area contributed by atoms with E-state index in [0.717, 1.165) is 11.1 Å². The van der Waals surface area contributed by atoms with Crippen molar-refractivity contribution in [1.82, 2.24) is 0 Å². The van der Waals surface area contributed by atoms with Crippen molar-refractivity contribution in [2.24, 2.45) is 16.7 Å². The van der Waals surface area contributed by atoms with Crippen LogP contribution in [0.25, 0.3) is 5.57 Å². The molecule has 2 atom stereocenters. The van der Waals surface area contributed by atoms with Crippen molar-refractivity contribution in [3.8, 4) is 23.8 Å². The summed E-state index contributed by atoms with van der Waals surface area (Å²) >= 11 is 0. The summed E-state index contributed by atoms with van der Waals surface area (Å²) in [5.74, 6) is 3.10. The maximum atomic E-state index is 13.0. The molecule has 0 amide bonds. The normalized spacial score (nSPS) is 24.0. The van der Waals surface area contributed by atoms with Gasteiger partial charge in [-0.3, -0.25) is 4.79 Å². The van der Waals surface area contributed by atoms with E-state index in [0.29, 0.717) is 22.6 Å². The zero-order valence-corrected chi connectivity index (χ0v) is 18.8. The molecule has 3 rings (SSSR count). The highest BCUT2D eigenvalue weighted by Crippen LogP contribution is 2.70. The van der Waals surface area contributed by atoms with Gasteiger partial charge in [0.2, 0.25) is 6.79 Å². The van der Waals surface area contributed by atoms with Crippen molar-refractivity contribution in [1.29, 1.82) is 0 Å². The summed E-state index contributed by atoms with van der Waals surface area (Å²) < 4.78 is 21.2. The fourth-order valence-electron chi connectivity index (χ4n) is 4.12. The van der Waals surface area contributed by atoms with Gasteiger partial charge in [0, 0.05) is 17.1 Å². The van der Waals surface area contributed by atoms with Gasteiger partial charge in [-0.05, 0) is 49.5 Å². The Morgan fingerprint density at radius 3 is 2.55 bits per heavy atom. The molecule has 0 radical (unpaired) electrons. The van der Waals surface area contributed by atoms with Gasteiger partial charge in [-0.2, -0.15) is 0 Å². The molecule has 1 aromatic carbocycles. The van der Waals surface area contributed by atoms with Crippen molar-refractivity contribution < 1.29 is 28.5 Å². The van der Waals surface area contributed by atoms with Crippen LogP contribution < -0.4 is 9.47 Å². The quantitative estimate of drug-likeness (QED) is 0.388. The number of esters is 2. The van der Waals surface area contributed by atoms with Gasteiger partial charge in [-0.15, -0.1) is 6.42 Å². The van der Waals surface area contributed by atoms with Gasteiger partial charge in [0.25, 0.3) is 0 Å². The third kappa shape index (κ3) is 3.81. The molecule has 0 N–H and O–H groups in total. The Balaban J connectivity index is 1.75. The lowest BCUT2D eigenvalue weighted by atomic mass is 9.98. The first-order valence-electron chi connectivity index (χ1n) is 10.1. The molecule has 164 valence electrons. The Labute approximate surface area is 183 Å². The molecule has 0 spiro atoms. The van der Waals surface area contributed by atoms with E-state index in [-0.39, 0.29) is 30.7 Å². The summed E-state index contributed by atoms with van der Waals surface area (Å²) in [5.41, 5.74) is 1.64.